The van der Waals surface area contributed by atoms with Crippen LogP contribution in [0.2, 0.25) is 0 Å². The van der Waals surface area contributed by atoms with Gasteiger partial charge >= 0.3 is 0 Å². The van der Waals surface area contributed by atoms with E-state index in [1.807, 2.05) is 0 Å². The lowest BCUT2D eigenvalue weighted by atomic mass is 9.77. The number of hydrogen-bond acceptors (Lipinski definition) is 0. The number of fused-ring (bicyclic) bond motifs is 1. The van der Waals surface area contributed by atoms with Crippen LogP contribution in [0, 0.1) is 17.6 Å². The van der Waals surface area contributed by atoms with Gasteiger partial charge < -0.3 is 0 Å². The quantitative estimate of drug-likeness (QED) is 0.246. The Balaban J connectivity index is 1.49. The van der Waals surface area contributed by atoms with Crippen molar-refractivity contribution in [3.05, 3.63) is 77.4 Å². The molecule has 174 valence electrons. The summed E-state index contributed by atoms with van der Waals surface area (Å²) < 4.78 is 53.9. The molecule has 0 saturated heterocycles. The first-order valence-electron chi connectivity index (χ1n) is 12.0. The normalized spacial score (nSPS) is 18.5. The molecule has 33 heavy (non-hydrogen) atoms. The van der Waals surface area contributed by atoms with Gasteiger partial charge in [0.05, 0.1) is 5.56 Å². The van der Waals surface area contributed by atoms with Crippen LogP contribution in [0.25, 0.3) is 28.0 Å². The smallest absolute Gasteiger partial charge is 0.206 e. The van der Waals surface area contributed by atoms with Gasteiger partial charge in [-0.3, -0.25) is 0 Å². The Morgan fingerprint density at radius 3 is 2.24 bits per heavy atom. The summed E-state index contributed by atoms with van der Waals surface area (Å²) >= 11 is 0. The van der Waals surface area contributed by atoms with E-state index >= 15 is 0 Å². The van der Waals surface area contributed by atoms with Crippen molar-refractivity contribution < 1.29 is 17.6 Å². The van der Waals surface area contributed by atoms with Crippen LogP contribution in [-0.4, -0.2) is 0 Å². The Bertz CT molecular complexity index is 1120. The molecule has 0 unspecified atom stereocenters. The van der Waals surface area contributed by atoms with Crippen LogP contribution >= 0.6 is 0 Å². The van der Waals surface area contributed by atoms with Crippen molar-refractivity contribution in [1.29, 1.82) is 0 Å². The van der Waals surface area contributed by atoms with E-state index in [0.29, 0.717) is 11.3 Å². The molecule has 0 atom stereocenters. The Labute approximate surface area is 193 Å². The summed E-state index contributed by atoms with van der Waals surface area (Å²) in [7, 11) is 0. The highest BCUT2D eigenvalue weighted by Crippen LogP contribution is 2.38. The monoisotopic (exact) mass is 454 g/mol. The molecule has 1 aliphatic carbocycles. The molecule has 1 aliphatic rings. The predicted octanol–water partition coefficient (Wildman–Crippen LogP) is 9.88. The molecule has 4 rings (SSSR count). The maximum atomic E-state index is 14.6. The van der Waals surface area contributed by atoms with Crippen LogP contribution in [0.4, 0.5) is 17.6 Å². The first-order chi connectivity index (χ1) is 16.0. The lowest BCUT2D eigenvalue weighted by Crippen LogP contribution is -2.13. The molecule has 1 fully saturated rings. The summed E-state index contributed by atoms with van der Waals surface area (Å²) in [6.45, 7) is 2.25. The van der Waals surface area contributed by atoms with Gasteiger partial charge in [0, 0.05) is 11.5 Å². The van der Waals surface area contributed by atoms with Crippen LogP contribution < -0.4 is 0 Å². The minimum Gasteiger partial charge on any atom is -0.206 e. The molecule has 0 aliphatic heterocycles. The van der Waals surface area contributed by atoms with Crippen LogP contribution in [0.15, 0.2) is 54.6 Å². The van der Waals surface area contributed by atoms with E-state index in [-0.39, 0.29) is 11.5 Å². The van der Waals surface area contributed by atoms with Crippen LogP contribution in [0.1, 0.15) is 75.3 Å². The van der Waals surface area contributed by atoms with Crippen molar-refractivity contribution in [2.24, 2.45) is 5.92 Å². The largest absolute Gasteiger partial charge is 0.271 e. The zero-order valence-electron chi connectivity index (χ0n) is 19.0. The van der Waals surface area contributed by atoms with Crippen molar-refractivity contribution in [3.8, 4) is 11.1 Å². The topological polar surface area (TPSA) is 0 Å². The van der Waals surface area contributed by atoms with E-state index in [4.69, 9.17) is 0 Å². The number of benzene rings is 3. The van der Waals surface area contributed by atoms with Crippen molar-refractivity contribution in [2.45, 2.75) is 64.2 Å². The SMILES string of the molecule is CCCCCC1CCC(c2ccc(-c3ccc4c(F)c(C=C(F)F)c(F)cc4c3)cc2)CC1. The number of halogens is 4. The third-order valence-corrected chi connectivity index (χ3v) is 7.10. The summed E-state index contributed by atoms with van der Waals surface area (Å²) in [6, 6.07) is 14.6. The molecule has 0 heterocycles. The average molecular weight is 455 g/mol. The molecule has 0 radical (unpaired) electrons. The van der Waals surface area contributed by atoms with E-state index in [1.54, 1.807) is 12.1 Å². The fourth-order valence-electron chi connectivity index (χ4n) is 5.18. The molecule has 3 aromatic carbocycles. The number of hydrogen-bond donors (Lipinski definition) is 0. The Kier molecular flexibility index (Phi) is 7.52. The third-order valence-electron chi connectivity index (χ3n) is 7.10. The van der Waals surface area contributed by atoms with Gasteiger partial charge in [0.2, 0.25) is 0 Å². The van der Waals surface area contributed by atoms with Gasteiger partial charge in [-0.05, 0) is 71.7 Å². The average Bonchev–Trinajstić information content (AvgIpc) is 2.82. The second-order valence-electron chi connectivity index (χ2n) is 9.29. The van der Waals surface area contributed by atoms with Crippen molar-refractivity contribution >= 4 is 16.8 Å². The lowest BCUT2D eigenvalue weighted by Gasteiger charge is -2.29. The van der Waals surface area contributed by atoms with Gasteiger partial charge in [0.15, 0.2) is 0 Å². The molecule has 3 aromatic rings. The van der Waals surface area contributed by atoms with Crippen LogP contribution in [-0.2, 0) is 0 Å². The maximum absolute atomic E-state index is 14.6. The summed E-state index contributed by atoms with van der Waals surface area (Å²) in [4.78, 5) is 0. The molecule has 0 N–H and O–H groups in total. The molecule has 0 aromatic heterocycles. The summed E-state index contributed by atoms with van der Waals surface area (Å²) in [5, 5.41) is 0.476. The van der Waals surface area contributed by atoms with Crippen molar-refractivity contribution in [3.63, 3.8) is 0 Å². The van der Waals surface area contributed by atoms with Gasteiger partial charge in [-0.2, -0.15) is 8.78 Å². The minimum absolute atomic E-state index is 0.125. The Morgan fingerprint density at radius 1 is 0.879 bits per heavy atom. The predicted molar refractivity (Wildman–Crippen MR) is 128 cm³/mol. The molecule has 0 amide bonds. The Morgan fingerprint density at radius 2 is 1.58 bits per heavy atom. The first-order valence-corrected chi connectivity index (χ1v) is 12.0. The first kappa shape index (κ1) is 23.5. The van der Waals surface area contributed by atoms with Crippen LogP contribution in [0.5, 0.6) is 0 Å². The van der Waals surface area contributed by atoms with E-state index in [9.17, 15) is 17.6 Å². The summed E-state index contributed by atoms with van der Waals surface area (Å²) in [5.74, 6) is -0.484. The van der Waals surface area contributed by atoms with E-state index in [0.717, 1.165) is 23.1 Å². The highest BCUT2D eigenvalue weighted by Gasteiger charge is 2.22. The second kappa shape index (κ2) is 10.5. The second-order valence-corrected chi connectivity index (χ2v) is 9.29. The highest BCUT2D eigenvalue weighted by molar-refractivity contribution is 5.89. The molecule has 1 saturated carbocycles. The molecular formula is C29H30F4. The zero-order valence-corrected chi connectivity index (χ0v) is 19.0. The van der Waals surface area contributed by atoms with Crippen molar-refractivity contribution in [2.75, 3.05) is 0 Å². The lowest BCUT2D eigenvalue weighted by molar-refractivity contribution is 0.303. The van der Waals surface area contributed by atoms with Crippen molar-refractivity contribution in [1.82, 2.24) is 0 Å². The van der Waals surface area contributed by atoms with Gasteiger partial charge in [-0.1, -0.05) is 69.0 Å². The molecule has 0 spiro atoms. The highest BCUT2D eigenvalue weighted by atomic mass is 19.3. The van der Waals surface area contributed by atoms with E-state index in [2.05, 4.69) is 31.2 Å². The molecule has 4 heteroatoms. The fraction of sp³-hybridized carbons (Fsp3) is 0.379. The zero-order chi connectivity index (χ0) is 23.4. The van der Waals surface area contributed by atoms with Gasteiger partial charge in [0.25, 0.3) is 6.08 Å². The van der Waals surface area contributed by atoms with E-state index < -0.39 is 23.3 Å². The number of unbranched alkanes of at least 4 members (excludes halogenated alkanes) is 2. The standard InChI is InChI=1S/C29H30F4/c1-2-3-4-5-19-6-8-20(9-7-19)21-10-12-22(13-11-21)23-14-15-25-24(16-23)17-27(30)26(29(25)33)18-28(31)32/h10-20H,2-9H2,1H3. The van der Waals surface area contributed by atoms with E-state index in [1.165, 1.54) is 63.0 Å². The summed E-state index contributed by atoms with van der Waals surface area (Å²) in [5.41, 5.74) is 2.45. The van der Waals surface area contributed by atoms with Crippen LogP contribution in [0.3, 0.4) is 0 Å². The summed E-state index contributed by atoms with van der Waals surface area (Å²) in [6.07, 6.45) is 8.52. The number of rotatable bonds is 7. The Hall–Kier alpha value is -2.62. The van der Waals surface area contributed by atoms with Gasteiger partial charge in [0.1, 0.15) is 11.6 Å². The minimum atomic E-state index is -2.13. The maximum Gasteiger partial charge on any atom is 0.271 e. The van der Waals surface area contributed by atoms with Gasteiger partial charge in [-0.25, -0.2) is 8.78 Å². The molecular weight excluding hydrogens is 424 g/mol. The fourth-order valence-corrected chi connectivity index (χ4v) is 5.18. The molecule has 0 nitrogen and oxygen atoms in total. The molecule has 0 bridgehead atoms. The van der Waals surface area contributed by atoms with Gasteiger partial charge in [-0.15, -0.1) is 0 Å². The third kappa shape index (κ3) is 5.48.